The maximum Gasteiger partial charge on any atom is 0.0688 e. The zero-order chi connectivity index (χ0) is 14.5. The summed E-state index contributed by atoms with van der Waals surface area (Å²) in [6.07, 6.45) is 7.71. The van der Waals surface area contributed by atoms with Crippen LogP contribution < -0.4 is 0 Å². The quantitative estimate of drug-likeness (QED) is 0.557. The molecule has 0 amide bonds. The van der Waals surface area contributed by atoms with Crippen LogP contribution in [0.25, 0.3) is 0 Å². The van der Waals surface area contributed by atoms with Crippen molar-refractivity contribution in [2.45, 2.75) is 53.0 Å². The average molecular weight is 329 g/mol. The summed E-state index contributed by atoms with van der Waals surface area (Å²) in [5, 5.41) is 0. The van der Waals surface area contributed by atoms with Crippen molar-refractivity contribution in [3.8, 4) is 0 Å². The van der Waals surface area contributed by atoms with Gasteiger partial charge in [-0.25, -0.2) is 0 Å². The van der Waals surface area contributed by atoms with Crippen molar-refractivity contribution in [3.63, 3.8) is 0 Å². The maximum absolute atomic E-state index is 4.75. The van der Waals surface area contributed by atoms with Crippen molar-refractivity contribution in [2.24, 2.45) is 21.8 Å². The monoisotopic (exact) mass is 328 g/mol. The van der Waals surface area contributed by atoms with Crippen molar-refractivity contribution in [1.82, 2.24) is 0 Å². The molecule has 1 aliphatic rings. The van der Waals surface area contributed by atoms with Gasteiger partial charge in [-0.1, -0.05) is 38.5 Å². The Kier molecular flexibility index (Phi) is 7.31. The third-order valence-corrected chi connectivity index (χ3v) is 4.45. The first-order valence-corrected chi connectivity index (χ1v) is 7.71. The average Bonchev–Trinajstić information content (AvgIpc) is 2.40. The van der Waals surface area contributed by atoms with E-state index < -0.39 is 0 Å². The summed E-state index contributed by atoms with van der Waals surface area (Å²) in [6, 6.07) is 6.74. The molecule has 2 nitrogen and oxygen atoms in total. The van der Waals surface area contributed by atoms with Crippen LogP contribution in [0.1, 0.15) is 44.2 Å². The summed E-state index contributed by atoms with van der Waals surface area (Å²) < 4.78 is 0. The Bertz CT molecular complexity index is 478. The predicted molar refractivity (Wildman–Crippen MR) is 88.5 cm³/mol. The van der Waals surface area contributed by atoms with Crippen molar-refractivity contribution < 1.29 is 16.5 Å². The second-order valence-electron chi connectivity index (χ2n) is 6.19. The molecule has 0 saturated heterocycles. The Morgan fingerprint density at radius 1 is 1.00 bits per heavy atom. The molecular formula is C18H26N2Ni. The van der Waals surface area contributed by atoms with E-state index in [0.29, 0.717) is 17.9 Å². The molecule has 1 fully saturated rings. The molecule has 1 aromatic rings. The minimum atomic E-state index is 0. The summed E-state index contributed by atoms with van der Waals surface area (Å²) in [7, 11) is 0. The first-order chi connectivity index (χ1) is 9.59. The molecule has 21 heavy (non-hydrogen) atoms. The van der Waals surface area contributed by atoms with Gasteiger partial charge < -0.3 is 0 Å². The molecule has 0 heterocycles. The zero-order valence-electron chi connectivity index (χ0n) is 13.5. The second-order valence-corrected chi connectivity index (χ2v) is 6.19. The Hall–Kier alpha value is -0.946. The topological polar surface area (TPSA) is 24.7 Å². The molecule has 0 N–H and O–H groups in total. The molecule has 2 unspecified atom stereocenters. The van der Waals surface area contributed by atoms with E-state index in [4.69, 9.17) is 4.99 Å². The number of benzene rings is 1. The van der Waals surface area contributed by atoms with Crippen LogP contribution in [0.2, 0.25) is 0 Å². The number of hydrogen-bond acceptors (Lipinski definition) is 2. The fraction of sp³-hybridized carbons (Fsp3) is 0.556. The number of rotatable bonds is 3. The van der Waals surface area contributed by atoms with Gasteiger partial charge in [-0.3, -0.25) is 9.98 Å². The molecule has 1 aromatic carbocycles. The molecule has 3 heteroatoms. The van der Waals surface area contributed by atoms with Gasteiger partial charge in [0.2, 0.25) is 0 Å². The summed E-state index contributed by atoms with van der Waals surface area (Å²) in [5.74, 6) is 1.40. The smallest absolute Gasteiger partial charge is 0.0688 e. The van der Waals surface area contributed by atoms with Gasteiger partial charge in [-0.2, -0.15) is 0 Å². The molecule has 2 atom stereocenters. The molecule has 0 spiro atoms. The number of para-hydroxylation sites is 1. The number of nitrogens with zero attached hydrogens (tertiary/aromatic N) is 2. The molecule has 1 aliphatic carbocycles. The Balaban J connectivity index is 0.00000220. The van der Waals surface area contributed by atoms with Crippen LogP contribution in [0.5, 0.6) is 0 Å². The predicted octanol–water partition coefficient (Wildman–Crippen LogP) is 4.90. The summed E-state index contributed by atoms with van der Waals surface area (Å²) >= 11 is 0. The van der Waals surface area contributed by atoms with E-state index >= 15 is 0 Å². The Morgan fingerprint density at radius 2 is 1.57 bits per heavy atom. The van der Waals surface area contributed by atoms with Gasteiger partial charge in [-0.05, 0) is 49.7 Å². The SMILES string of the molecule is Cc1cccc(C)c1N=CC=NC1C(C)CCCC1C.[Ni]. The summed E-state index contributed by atoms with van der Waals surface area (Å²) in [4.78, 5) is 9.31. The molecular weight excluding hydrogens is 303 g/mol. The van der Waals surface area contributed by atoms with Gasteiger partial charge >= 0.3 is 0 Å². The largest absolute Gasteiger partial charge is 0.288 e. The van der Waals surface area contributed by atoms with E-state index in [1.54, 1.807) is 0 Å². The Labute approximate surface area is 139 Å². The third kappa shape index (κ3) is 4.78. The van der Waals surface area contributed by atoms with E-state index in [0.717, 1.165) is 5.69 Å². The van der Waals surface area contributed by atoms with Gasteiger partial charge in [0.15, 0.2) is 0 Å². The normalized spacial score (nSPS) is 26.2. The van der Waals surface area contributed by atoms with E-state index in [2.05, 4.69) is 50.9 Å². The molecule has 0 radical (unpaired) electrons. The van der Waals surface area contributed by atoms with Gasteiger partial charge in [0, 0.05) is 28.9 Å². The van der Waals surface area contributed by atoms with Crippen LogP contribution in [0.4, 0.5) is 5.69 Å². The van der Waals surface area contributed by atoms with E-state index in [9.17, 15) is 0 Å². The second kappa shape index (κ2) is 8.48. The molecule has 0 aliphatic heterocycles. The van der Waals surface area contributed by atoms with Crippen LogP contribution >= 0.6 is 0 Å². The summed E-state index contributed by atoms with van der Waals surface area (Å²) in [5.41, 5.74) is 3.51. The standard InChI is InChI=1S/C18H26N2.Ni/c1-13-7-5-8-14(2)17(13)19-11-12-20-18-15(3)9-6-10-16(18)4;/h5,7-8,11-12,15-16,18H,6,9-10H2,1-4H3;. The van der Waals surface area contributed by atoms with Gasteiger partial charge in [0.05, 0.1) is 11.7 Å². The molecule has 118 valence electrons. The number of aliphatic imine (C=N–C) groups is 2. The fourth-order valence-corrected chi connectivity index (χ4v) is 3.21. The van der Waals surface area contributed by atoms with E-state index in [1.165, 1.54) is 30.4 Å². The minimum Gasteiger partial charge on any atom is -0.288 e. The Morgan fingerprint density at radius 3 is 2.14 bits per heavy atom. The molecule has 0 aromatic heterocycles. The third-order valence-electron chi connectivity index (χ3n) is 4.45. The van der Waals surface area contributed by atoms with E-state index in [-0.39, 0.29) is 16.5 Å². The van der Waals surface area contributed by atoms with Crippen LogP contribution in [0.15, 0.2) is 28.2 Å². The van der Waals surface area contributed by atoms with Crippen LogP contribution in [0.3, 0.4) is 0 Å². The fourth-order valence-electron chi connectivity index (χ4n) is 3.21. The van der Waals surface area contributed by atoms with Crippen molar-refractivity contribution in [2.75, 3.05) is 0 Å². The van der Waals surface area contributed by atoms with Gasteiger partial charge in [0.1, 0.15) is 0 Å². The van der Waals surface area contributed by atoms with Crippen molar-refractivity contribution >= 4 is 18.1 Å². The maximum atomic E-state index is 4.75. The van der Waals surface area contributed by atoms with Crippen molar-refractivity contribution in [3.05, 3.63) is 29.3 Å². The first-order valence-electron chi connectivity index (χ1n) is 7.71. The van der Waals surface area contributed by atoms with E-state index in [1.807, 2.05) is 12.4 Å². The van der Waals surface area contributed by atoms with Crippen LogP contribution in [-0.2, 0) is 16.5 Å². The van der Waals surface area contributed by atoms with Crippen molar-refractivity contribution in [1.29, 1.82) is 0 Å². The summed E-state index contributed by atoms with van der Waals surface area (Å²) in [6.45, 7) is 8.84. The zero-order valence-corrected chi connectivity index (χ0v) is 14.4. The molecule has 0 bridgehead atoms. The van der Waals surface area contributed by atoms with Crippen LogP contribution in [0, 0.1) is 25.7 Å². The first kappa shape index (κ1) is 18.1. The minimum absolute atomic E-state index is 0. The molecule has 2 rings (SSSR count). The number of aryl methyl sites for hydroxylation is 2. The number of hydrogen-bond donors (Lipinski definition) is 0. The van der Waals surface area contributed by atoms with Crippen LogP contribution in [-0.4, -0.2) is 18.5 Å². The van der Waals surface area contributed by atoms with Gasteiger partial charge in [-0.15, -0.1) is 0 Å². The molecule has 1 saturated carbocycles. The van der Waals surface area contributed by atoms with Gasteiger partial charge in [0.25, 0.3) is 0 Å².